The zero-order valence-electron chi connectivity index (χ0n) is 17.4. The topological polar surface area (TPSA) is 124 Å². The molecule has 3 heterocycles. The van der Waals surface area contributed by atoms with Gasteiger partial charge < -0.3 is 20.1 Å². The molecule has 0 spiro atoms. The fraction of sp³-hybridized carbons (Fsp3) is 0.526. The second-order valence-corrected chi connectivity index (χ2v) is 9.53. The van der Waals surface area contributed by atoms with Crippen LogP contribution in [0.1, 0.15) is 0 Å². The van der Waals surface area contributed by atoms with Gasteiger partial charge in [-0.25, -0.2) is 8.42 Å². The summed E-state index contributed by atoms with van der Waals surface area (Å²) < 4.78 is 30.3. The number of morpholine rings is 1. The number of phenolic OH excluding ortho intramolecular Hbond substituents is 1. The van der Waals surface area contributed by atoms with Crippen molar-refractivity contribution in [1.29, 1.82) is 0 Å². The Hall–Kier alpha value is -2.54. The van der Waals surface area contributed by atoms with Gasteiger partial charge in [0.25, 0.3) is 0 Å². The van der Waals surface area contributed by atoms with Crippen molar-refractivity contribution in [3.05, 3.63) is 24.3 Å². The molecular formula is C19H27N7O4S. The van der Waals surface area contributed by atoms with E-state index < -0.39 is 10.0 Å². The van der Waals surface area contributed by atoms with Crippen molar-refractivity contribution in [1.82, 2.24) is 24.2 Å². The van der Waals surface area contributed by atoms with E-state index in [1.165, 1.54) is 10.6 Å². The minimum Gasteiger partial charge on any atom is -0.508 e. The van der Waals surface area contributed by atoms with Crippen molar-refractivity contribution < 1.29 is 18.3 Å². The first kappa shape index (κ1) is 21.7. The van der Waals surface area contributed by atoms with E-state index in [0.29, 0.717) is 82.4 Å². The molecule has 1 aromatic heterocycles. The summed E-state index contributed by atoms with van der Waals surface area (Å²) in [6.45, 7) is 5.27. The number of hydrogen-bond acceptors (Lipinski definition) is 10. The highest BCUT2D eigenvalue weighted by molar-refractivity contribution is 7.88. The lowest BCUT2D eigenvalue weighted by atomic mass is 10.2. The number of hydrogen-bond donors (Lipinski definition) is 2. The van der Waals surface area contributed by atoms with E-state index in [2.05, 4.69) is 25.2 Å². The van der Waals surface area contributed by atoms with Crippen LogP contribution in [0.2, 0.25) is 0 Å². The molecule has 0 bridgehead atoms. The summed E-state index contributed by atoms with van der Waals surface area (Å²) in [5, 5.41) is 13.1. The fourth-order valence-electron chi connectivity index (χ4n) is 3.52. The van der Waals surface area contributed by atoms with Crippen LogP contribution in [0, 0.1) is 0 Å². The van der Waals surface area contributed by atoms with Gasteiger partial charge in [0.2, 0.25) is 21.9 Å². The van der Waals surface area contributed by atoms with Crippen molar-refractivity contribution in [3.8, 4) is 17.1 Å². The highest BCUT2D eigenvalue weighted by Crippen LogP contribution is 2.23. The van der Waals surface area contributed by atoms with Gasteiger partial charge in [-0.05, 0) is 12.1 Å². The largest absolute Gasteiger partial charge is 0.508 e. The monoisotopic (exact) mass is 449 g/mol. The van der Waals surface area contributed by atoms with E-state index in [1.54, 1.807) is 18.2 Å². The zero-order chi connectivity index (χ0) is 21.8. The van der Waals surface area contributed by atoms with Gasteiger partial charge in [0.15, 0.2) is 5.82 Å². The molecule has 2 saturated heterocycles. The average molecular weight is 450 g/mol. The van der Waals surface area contributed by atoms with Crippen LogP contribution in [0.3, 0.4) is 0 Å². The van der Waals surface area contributed by atoms with E-state index >= 15 is 0 Å². The number of ether oxygens (including phenoxy) is 1. The van der Waals surface area contributed by atoms with Crippen molar-refractivity contribution in [3.63, 3.8) is 0 Å². The molecule has 31 heavy (non-hydrogen) atoms. The Morgan fingerprint density at radius 2 is 1.81 bits per heavy atom. The summed E-state index contributed by atoms with van der Waals surface area (Å²) in [4.78, 5) is 17.9. The SMILES string of the molecule is CS(=O)(=O)N1CCN(CNc2nc(-c3cccc(O)c3)nc(N3CCOCC3)n2)CC1. The molecule has 2 aliphatic heterocycles. The molecule has 4 rings (SSSR count). The molecule has 2 aromatic rings. The van der Waals surface area contributed by atoms with Crippen molar-refractivity contribution in [2.24, 2.45) is 0 Å². The third-order valence-corrected chi connectivity index (χ3v) is 6.59. The number of phenols is 1. The van der Waals surface area contributed by atoms with Crippen LogP contribution in [0.4, 0.5) is 11.9 Å². The van der Waals surface area contributed by atoms with Gasteiger partial charge in [0.1, 0.15) is 5.75 Å². The Morgan fingerprint density at radius 1 is 1.06 bits per heavy atom. The molecule has 0 atom stereocenters. The predicted molar refractivity (Wildman–Crippen MR) is 116 cm³/mol. The van der Waals surface area contributed by atoms with Crippen LogP contribution in [0.25, 0.3) is 11.4 Å². The normalized spacial score (nSPS) is 18.8. The molecule has 0 amide bonds. The number of benzene rings is 1. The van der Waals surface area contributed by atoms with E-state index in [9.17, 15) is 13.5 Å². The first-order valence-corrected chi connectivity index (χ1v) is 12.0. The zero-order valence-corrected chi connectivity index (χ0v) is 18.3. The summed E-state index contributed by atoms with van der Waals surface area (Å²) in [6, 6.07) is 6.80. The van der Waals surface area contributed by atoms with Gasteiger partial charge in [-0.3, -0.25) is 4.90 Å². The van der Waals surface area contributed by atoms with Gasteiger partial charge in [0, 0.05) is 44.8 Å². The maximum atomic E-state index is 11.7. The molecule has 2 fully saturated rings. The number of piperazine rings is 1. The number of aromatic nitrogens is 3. The Morgan fingerprint density at radius 3 is 2.48 bits per heavy atom. The lowest BCUT2D eigenvalue weighted by Gasteiger charge is -2.33. The molecule has 2 aliphatic rings. The van der Waals surface area contributed by atoms with Crippen molar-refractivity contribution in [2.45, 2.75) is 0 Å². The molecule has 12 heteroatoms. The maximum absolute atomic E-state index is 11.7. The second-order valence-electron chi connectivity index (χ2n) is 7.55. The third kappa shape index (κ3) is 5.58. The first-order chi connectivity index (χ1) is 14.9. The molecule has 2 N–H and O–H groups in total. The maximum Gasteiger partial charge on any atom is 0.230 e. The summed E-state index contributed by atoms with van der Waals surface area (Å²) in [6.07, 6.45) is 1.24. The number of nitrogens with zero attached hydrogens (tertiary/aromatic N) is 6. The minimum atomic E-state index is -3.16. The van der Waals surface area contributed by atoms with Gasteiger partial charge in [0.05, 0.1) is 26.1 Å². The number of anilines is 2. The van der Waals surface area contributed by atoms with E-state index in [1.807, 2.05) is 11.0 Å². The van der Waals surface area contributed by atoms with E-state index in [4.69, 9.17) is 4.74 Å². The van der Waals surface area contributed by atoms with Crippen molar-refractivity contribution >= 4 is 21.9 Å². The number of rotatable bonds is 6. The highest BCUT2D eigenvalue weighted by atomic mass is 32.2. The molecule has 0 unspecified atom stereocenters. The predicted octanol–water partition coefficient (Wildman–Crippen LogP) is 0.0274. The van der Waals surface area contributed by atoms with Crippen LogP contribution >= 0.6 is 0 Å². The van der Waals surface area contributed by atoms with Crippen molar-refractivity contribution in [2.75, 3.05) is 75.6 Å². The quantitative estimate of drug-likeness (QED) is 0.624. The van der Waals surface area contributed by atoms with Crippen LogP contribution < -0.4 is 10.2 Å². The van der Waals surface area contributed by atoms with Gasteiger partial charge >= 0.3 is 0 Å². The summed E-state index contributed by atoms with van der Waals surface area (Å²) in [5.41, 5.74) is 0.696. The van der Waals surface area contributed by atoms with Crippen LogP contribution in [0.5, 0.6) is 5.75 Å². The Balaban J connectivity index is 1.50. The summed E-state index contributed by atoms with van der Waals surface area (Å²) >= 11 is 0. The summed E-state index contributed by atoms with van der Waals surface area (Å²) in [7, 11) is -3.16. The molecular weight excluding hydrogens is 422 g/mol. The smallest absolute Gasteiger partial charge is 0.230 e. The second kappa shape index (κ2) is 9.30. The lowest BCUT2D eigenvalue weighted by molar-refractivity contribution is 0.122. The van der Waals surface area contributed by atoms with Crippen LogP contribution in [-0.2, 0) is 14.8 Å². The molecule has 0 saturated carbocycles. The number of nitrogens with one attached hydrogen (secondary N) is 1. The molecule has 1 aromatic carbocycles. The molecule has 168 valence electrons. The van der Waals surface area contributed by atoms with Crippen LogP contribution in [-0.4, -0.2) is 103 Å². The lowest BCUT2D eigenvalue weighted by Crippen LogP contribution is -2.49. The van der Waals surface area contributed by atoms with Gasteiger partial charge in [-0.1, -0.05) is 12.1 Å². The third-order valence-electron chi connectivity index (χ3n) is 5.28. The Kier molecular flexibility index (Phi) is 6.51. The molecule has 0 aliphatic carbocycles. The Bertz CT molecular complexity index is 1010. The van der Waals surface area contributed by atoms with Crippen LogP contribution in [0.15, 0.2) is 24.3 Å². The summed E-state index contributed by atoms with van der Waals surface area (Å²) in [5.74, 6) is 1.60. The van der Waals surface area contributed by atoms with Gasteiger partial charge in [-0.2, -0.15) is 19.3 Å². The van der Waals surface area contributed by atoms with E-state index in [0.717, 1.165) is 0 Å². The number of sulfonamides is 1. The number of aromatic hydroxyl groups is 1. The molecule has 0 radical (unpaired) electrons. The van der Waals surface area contributed by atoms with E-state index in [-0.39, 0.29) is 5.75 Å². The standard InChI is InChI=1S/C19H27N7O4S/c1-31(28,29)26-7-5-24(6-8-26)14-20-18-21-17(15-3-2-4-16(27)13-15)22-19(23-18)25-9-11-30-12-10-25/h2-4,13,27H,5-12,14H2,1H3,(H,20,21,22,23). The highest BCUT2D eigenvalue weighted by Gasteiger charge is 2.23. The van der Waals surface area contributed by atoms with Gasteiger partial charge in [-0.15, -0.1) is 0 Å². The average Bonchev–Trinajstić information content (AvgIpc) is 2.78. The fourth-order valence-corrected chi connectivity index (χ4v) is 4.35. The first-order valence-electron chi connectivity index (χ1n) is 10.2. The Labute approximate surface area is 181 Å². The molecule has 11 nitrogen and oxygen atoms in total. The minimum absolute atomic E-state index is 0.143.